The van der Waals surface area contributed by atoms with E-state index >= 15 is 0 Å². The van der Waals surface area contributed by atoms with Crippen molar-refractivity contribution in [3.63, 3.8) is 0 Å². The number of alkyl halides is 3. The number of carbonyl (C=O) groups excluding carboxylic acids is 2. The number of amides is 2. The Labute approximate surface area is 228 Å². The molecule has 0 spiro atoms. The number of nitrogens with two attached hydrogens (primary N) is 1. The fourth-order valence-corrected chi connectivity index (χ4v) is 5.17. The van der Waals surface area contributed by atoms with E-state index in [-0.39, 0.29) is 29.5 Å². The third kappa shape index (κ3) is 4.85. The van der Waals surface area contributed by atoms with Gasteiger partial charge >= 0.3 is 6.18 Å². The molecule has 1 aromatic carbocycles. The van der Waals surface area contributed by atoms with Crippen LogP contribution in [0.25, 0.3) is 0 Å². The van der Waals surface area contributed by atoms with Crippen molar-refractivity contribution in [3.8, 4) is 5.75 Å². The highest BCUT2D eigenvalue weighted by Gasteiger charge is 2.60. The lowest BCUT2D eigenvalue weighted by Crippen LogP contribution is -2.31. The molecule has 8 nitrogen and oxygen atoms in total. The number of allylic oxidation sites excluding steroid dienone is 4. The second-order valence-electron chi connectivity index (χ2n) is 10.7. The lowest BCUT2D eigenvalue weighted by atomic mass is 9.98. The average molecular weight is 553 g/mol. The maximum absolute atomic E-state index is 13.5. The number of hydrogen-bond acceptors (Lipinski definition) is 6. The number of benzene rings is 1. The molecule has 2 aromatic rings. The van der Waals surface area contributed by atoms with Gasteiger partial charge in [0.15, 0.2) is 0 Å². The molecule has 1 saturated heterocycles. The van der Waals surface area contributed by atoms with Crippen LogP contribution in [0.3, 0.4) is 0 Å². The number of pyridine rings is 1. The first-order chi connectivity index (χ1) is 18.9. The molecule has 0 unspecified atom stereocenters. The van der Waals surface area contributed by atoms with E-state index in [1.165, 1.54) is 6.07 Å². The molecule has 4 N–H and O–H groups in total. The first-order valence-electron chi connectivity index (χ1n) is 13.0. The van der Waals surface area contributed by atoms with Crippen LogP contribution in [0, 0.1) is 5.92 Å². The summed E-state index contributed by atoms with van der Waals surface area (Å²) in [6.45, 7) is 5.87. The largest absolute Gasteiger partial charge is 0.487 e. The van der Waals surface area contributed by atoms with Crippen molar-refractivity contribution >= 4 is 17.6 Å². The molecule has 0 bridgehead atoms. The summed E-state index contributed by atoms with van der Waals surface area (Å²) in [6.07, 6.45) is 2.14. The van der Waals surface area contributed by atoms with Crippen LogP contribution in [0.4, 0.5) is 19.0 Å². The van der Waals surface area contributed by atoms with E-state index in [0.29, 0.717) is 59.9 Å². The summed E-state index contributed by atoms with van der Waals surface area (Å²) in [5.74, 6) is 1.36. The molecule has 4 aliphatic rings. The second-order valence-corrected chi connectivity index (χ2v) is 10.7. The molecular weight excluding hydrogens is 525 g/mol. The maximum atomic E-state index is 13.5. The van der Waals surface area contributed by atoms with Crippen molar-refractivity contribution < 1.29 is 32.2 Å². The molecule has 6 rings (SSSR count). The van der Waals surface area contributed by atoms with Gasteiger partial charge in [-0.2, -0.15) is 13.2 Å². The van der Waals surface area contributed by atoms with Gasteiger partial charge in [-0.25, -0.2) is 4.98 Å². The number of hydrogen-bond donors (Lipinski definition) is 3. The van der Waals surface area contributed by atoms with Gasteiger partial charge < -0.3 is 25.8 Å². The first kappa shape index (κ1) is 26.1. The number of aromatic nitrogens is 1. The van der Waals surface area contributed by atoms with Gasteiger partial charge in [-0.15, -0.1) is 0 Å². The first-order valence-corrected chi connectivity index (χ1v) is 13.0. The molecule has 0 radical (unpaired) electrons. The van der Waals surface area contributed by atoms with Gasteiger partial charge in [0.1, 0.15) is 29.2 Å². The van der Waals surface area contributed by atoms with Gasteiger partial charge in [0.25, 0.3) is 5.91 Å². The monoisotopic (exact) mass is 552 g/mol. The molecule has 2 saturated carbocycles. The van der Waals surface area contributed by atoms with Crippen LogP contribution in [0.1, 0.15) is 53.2 Å². The number of carbonyl (C=O) groups is 2. The molecule has 3 fully saturated rings. The van der Waals surface area contributed by atoms with Gasteiger partial charge in [-0.3, -0.25) is 9.59 Å². The molecule has 208 valence electrons. The van der Waals surface area contributed by atoms with Gasteiger partial charge in [0.05, 0.1) is 11.6 Å². The molecule has 2 amide bonds. The highest BCUT2D eigenvalue weighted by atomic mass is 19.4. The SMILES string of the molecule is C=C1/C(=C\C=C(/C)Oc2ccnc3c2CCC(=O)N3)O[C@@H]2[C@@H](NC(=O)c3cc(C(F)(F)F)cc(C4(N)CC4)c3)[C@H]12. The third-order valence-electron chi connectivity index (χ3n) is 7.73. The van der Waals surface area contributed by atoms with Crippen LogP contribution in [-0.4, -0.2) is 28.9 Å². The van der Waals surface area contributed by atoms with Crippen LogP contribution in [0.5, 0.6) is 5.75 Å². The fourth-order valence-electron chi connectivity index (χ4n) is 5.17. The third-order valence-corrected chi connectivity index (χ3v) is 7.73. The number of halogens is 3. The molecule has 3 heterocycles. The van der Waals surface area contributed by atoms with E-state index in [4.69, 9.17) is 15.2 Å². The Morgan fingerprint density at radius 3 is 2.75 bits per heavy atom. The summed E-state index contributed by atoms with van der Waals surface area (Å²) in [5, 5.41) is 5.53. The zero-order valence-electron chi connectivity index (χ0n) is 21.6. The second kappa shape index (κ2) is 9.22. The van der Waals surface area contributed by atoms with Crippen molar-refractivity contribution in [3.05, 3.63) is 88.5 Å². The van der Waals surface area contributed by atoms with Gasteiger partial charge in [0, 0.05) is 35.2 Å². The van der Waals surface area contributed by atoms with Crippen molar-refractivity contribution in [1.29, 1.82) is 0 Å². The molecule has 1 aromatic heterocycles. The number of nitrogens with one attached hydrogen (secondary N) is 2. The van der Waals surface area contributed by atoms with E-state index < -0.39 is 23.2 Å². The zero-order valence-corrected chi connectivity index (χ0v) is 21.6. The highest BCUT2D eigenvalue weighted by molar-refractivity contribution is 5.95. The summed E-state index contributed by atoms with van der Waals surface area (Å²) >= 11 is 0. The van der Waals surface area contributed by atoms with Gasteiger partial charge in [-0.05, 0) is 73.7 Å². The lowest BCUT2D eigenvalue weighted by Gasteiger charge is -2.18. The Bertz CT molecular complexity index is 1490. The number of rotatable bonds is 6. The normalized spacial score (nSPS) is 25.5. The summed E-state index contributed by atoms with van der Waals surface area (Å²) in [5.41, 5.74) is 6.17. The Hall–Kier alpha value is -4.12. The maximum Gasteiger partial charge on any atom is 0.416 e. The summed E-state index contributed by atoms with van der Waals surface area (Å²) in [4.78, 5) is 28.7. The number of fused-ring (bicyclic) bond motifs is 2. The minimum Gasteiger partial charge on any atom is -0.487 e. The quantitative estimate of drug-likeness (QED) is 0.455. The highest BCUT2D eigenvalue weighted by Crippen LogP contribution is 2.51. The Balaban J connectivity index is 1.10. The minimum absolute atomic E-state index is 0.0820. The smallest absolute Gasteiger partial charge is 0.416 e. The molecule has 3 atom stereocenters. The van der Waals surface area contributed by atoms with E-state index in [1.54, 1.807) is 31.3 Å². The van der Waals surface area contributed by atoms with Crippen molar-refractivity contribution in [2.24, 2.45) is 11.7 Å². The van der Waals surface area contributed by atoms with Gasteiger partial charge in [0.2, 0.25) is 5.91 Å². The summed E-state index contributed by atoms with van der Waals surface area (Å²) in [6, 6.07) is 4.67. The Morgan fingerprint density at radius 2 is 2.08 bits per heavy atom. The Morgan fingerprint density at radius 1 is 1.30 bits per heavy atom. The van der Waals surface area contributed by atoms with Crippen molar-refractivity contribution in [1.82, 2.24) is 10.3 Å². The Kier molecular flexibility index (Phi) is 6.02. The van der Waals surface area contributed by atoms with Crippen LogP contribution in [-0.2, 0) is 27.7 Å². The molecule has 11 heteroatoms. The van der Waals surface area contributed by atoms with Crippen LogP contribution in [0.15, 0.2) is 66.3 Å². The topological polar surface area (TPSA) is 116 Å². The van der Waals surface area contributed by atoms with E-state index in [9.17, 15) is 22.8 Å². The fraction of sp³-hybridized carbons (Fsp3) is 0.345. The van der Waals surface area contributed by atoms with E-state index in [2.05, 4.69) is 22.2 Å². The number of anilines is 1. The molecule has 2 aliphatic heterocycles. The predicted molar refractivity (Wildman–Crippen MR) is 139 cm³/mol. The zero-order chi connectivity index (χ0) is 28.4. The van der Waals surface area contributed by atoms with Gasteiger partial charge in [-0.1, -0.05) is 6.58 Å². The number of ether oxygens (including phenoxy) is 2. The number of nitrogens with zero attached hydrogens (tertiary/aromatic N) is 1. The average Bonchev–Trinajstić information content (AvgIpc) is 3.79. The summed E-state index contributed by atoms with van der Waals surface area (Å²) < 4.78 is 52.4. The molecular formula is C29H27F3N4O4. The van der Waals surface area contributed by atoms with Crippen LogP contribution >= 0.6 is 0 Å². The predicted octanol–water partition coefficient (Wildman–Crippen LogP) is 4.48. The van der Waals surface area contributed by atoms with Crippen LogP contribution < -0.4 is 21.1 Å². The lowest BCUT2D eigenvalue weighted by molar-refractivity contribution is -0.137. The van der Waals surface area contributed by atoms with Crippen molar-refractivity contribution in [2.45, 2.75) is 56.5 Å². The molecule has 40 heavy (non-hydrogen) atoms. The minimum atomic E-state index is -4.59. The van der Waals surface area contributed by atoms with E-state index in [0.717, 1.165) is 17.7 Å². The van der Waals surface area contributed by atoms with Crippen LogP contribution in [0.2, 0.25) is 0 Å². The standard InChI is InChI=1S/C29H27F3N4O4/c1-14(39-21-7-10-34-26-19(21)4-6-22(37)35-26)3-5-20-15(2)23-24(25(23)40-20)36-27(38)16-11-17(28(33)8-9-28)13-18(12-16)29(30,31)32/h3,5,7,10-13,23-25H,2,4,6,8-9,33H2,1H3,(H,36,38)(H,34,35,37)/b14-3+,20-5+/t23-,24-,25-/m0/s1. The summed E-state index contributed by atoms with van der Waals surface area (Å²) in [7, 11) is 0. The van der Waals surface area contributed by atoms with E-state index in [1.807, 2.05) is 0 Å². The van der Waals surface area contributed by atoms with Crippen molar-refractivity contribution in [2.75, 3.05) is 5.32 Å². The molecule has 2 aliphatic carbocycles.